The van der Waals surface area contributed by atoms with Gasteiger partial charge in [0.15, 0.2) is 0 Å². The summed E-state index contributed by atoms with van der Waals surface area (Å²) in [7, 11) is 1.60. The Morgan fingerprint density at radius 3 is 2.65 bits per heavy atom. The molecule has 0 radical (unpaired) electrons. The molecule has 5 nitrogen and oxygen atoms in total. The van der Waals surface area contributed by atoms with Crippen molar-refractivity contribution in [2.75, 3.05) is 31.6 Å². The van der Waals surface area contributed by atoms with E-state index in [0.29, 0.717) is 23.8 Å². The van der Waals surface area contributed by atoms with Crippen LogP contribution in [0, 0.1) is 0 Å². The summed E-state index contributed by atoms with van der Waals surface area (Å²) < 4.78 is 5.23. The Labute approximate surface area is 125 Å². The van der Waals surface area contributed by atoms with Gasteiger partial charge in [-0.05, 0) is 26.0 Å². The summed E-state index contributed by atoms with van der Waals surface area (Å²) >= 11 is 5.07. The number of hydrogen-bond donors (Lipinski definition) is 2. The van der Waals surface area contributed by atoms with Gasteiger partial charge in [-0.2, -0.15) is 0 Å². The second-order valence-electron chi connectivity index (χ2n) is 4.22. The molecule has 3 N–H and O–H groups in total. The van der Waals surface area contributed by atoms with Crippen molar-refractivity contribution in [3.05, 3.63) is 23.8 Å². The Hall–Kier alpha value is -1.82. The smallest absolute Gasteiger partial charge is 0.239 e. The minimum Gasteiger partial charge on any atom is -0.497 e. The maximum Gasteiger partial charge on any atom is 0.239 e. The third-order valence-electron chi connectivity index (χ3n) is 2.90. The van der Waals surface area contributed by atoms with Crippen molar-refractivity contribution in [3.63, 3.8) is 0 Å². The number of benzene rings is 1. The van der Waals surface area contributed by atoms with Crippen molar-refractivity contribution >= 4 is 28.8 Å². The molecule has 1 aromatic carbocycles. The molecule has 1 amide bonds. The summed E-state index contributed by atoms with van der Waals surface area (Å²) in [5, 5.41) is 2.78. The number of nitrogens with zero attached hydrogens (tertiary/aromatic N) is 1. The molecule has 0 aliphatic carbocycles. The topological polar surface area (TPSA) is 67.6 Å². The van der Waals surface area contributed by atoms with Crippen LogP contribution in [0.1, 0.15) is 19.4 Å². The van der Waals surface area contributed by atoms with Gasteiger partial charge in [-0.25, -0.2) is 0 Å². The number of ether oxygens (including phenoxy) is 1. The Bertz CT molecular complexity index is 491. The summed E-state index contributed by atoms with van der Waals surface area (Å²) in [6.07, 6.45) is 0. The lowest BCUT2D eigenvalue weighted by Gasteiger charge is -2.25. The van der Waals surface area contributed by atoms with Crippen molar-refractivity contribution in [3.8, 4) is 5.75 Å². The third-order valence-corrected chi connectivity index (χ3v) is 3.12. The number of likely N-dealkylation sites (N-methyl/N-ethyl adjacent to an activating group) is 2. The van der Waals surface area contributed by atoms with E-state index < -0.39 is 0 Å². The lowest BCUT2D eigenvalue weighted by molar-refractivity contribution is -0.119. The van der Waals surface area contributed by atoms with Crippen molar-refractivity contribution in [1.82, 2.24) is 5.32 Å². The van der Waals surface area contributed by atoms with E-state index in [0.717, 1.165) is 11.3 Å². The van der Waals surface area contributed by atoms with E-state index in [4.69, 9.17) is 22.7 Å². The number of thiocarbonyl (C=S) groups is 1. The first kappa shape index (κ1) is 16.2. The molecule has 0 spiro atoms. The minimum atomic E-state index is -0.0361. The summed E-state index contributed by atoms with van der Waals surface area (Å²) in [4.78, 5) is 14.0. The highest BCUT2D eigenvalue weighted by Gasteiger charge is 2.15. The molecule has 0 aliphatic rings. The Morgan fingerprint density at radius 1 is 1.45 bits per heavy atom. The van der Waals surface area contributed by atoms with Crippen LogP contribution in [0.3, 0.4) is 0 Å². The van der Waals surface area contributed by atoms with Crippen LogP contribution in [0.5, 0.6) is 5.75 Å². The van der Waals surface area contributed by atoms with E-state index in [1.807, 2.05) is 30.9 Å². The van der Waals surface area contributed by atoms with Crippen LogP contribution in [0.25, 0.3) is 0 Å². The van der Waals surface area contributed by atoms with Crippen LogP contribution in [-0.4, -0.2) is 37.6 Å². The van der Waals surface area contributed by atoms with Crippen molar-refractivity contribution in [2.45, 2.75) is 13.8 Å². The number of methoxy groups -OCH3 is 1. The normalized spacial score (nSPS) is 9.95. The quantitative estimate of drug-likeness (QED) is 0.742. The largest absolute Gasteiger partial charge is 0.497 e. The van der Waals surface area contributed by atoms with E-state index in [1.54, 1.807) is 13.2 Å². The summed E-state index contributed by atoms with van der Waals surface area (Å²) in [6.45, 7) is 5.39. The second-order valence-corrected chi connectivity index (χ2v) is 4.65. The van der Waals surface area contributed by atoms with Crippen LogP contribution in [-0.2, 0) is 4.79 Å². The molecule has 0 saturated heterocycles. The van der Waals surface area contributed by atoms with Gasteiger partial charge in [0.25, 0.3) is 0 Å². The molecule has 0 unspecified atom stereocenters. The molecule has 6 heteroatoms. The summed E-state index contributed by atoms with van der Waals surface area (Å²) in [5.74, 6) is 0.667. The zero-order chi connectivity index (χ0) is 15.1. The molecule has 0 bridgehead atoms. The molecule has 0 heterocycles. The molecular weight excluding hydrogens is 274 g/mol. The predicted molar refractivity (Wildman–Crippen MR) is 85.5 cm³/mol. The summed E-state index contributed by atoms with van der Waals surface area (Å²) in [5.41, 5.74) is 7.30. The lowest BCUT2D eigenvalue weighted by atomic mass is 10.1. The van der Waals surface area contributed by atoms with Crippen molar-refractivity contribution < 1.29 is 9.53 Å². The fourth-order valence-electron chi connectivity index (χ4n) is 1.90. The van der Waals surface area contributed by atoms with E-state index in [9.17, 15) is 4.79 Å². The van der Waals surface area contributed by atoms with Crippen LogP contribution >= 0.6 is 12.2 Å². The van der Waals surface area contributed by atoms with Gasteiger partial charge in [0, 0.05) is 24.7 Å². The molecule has 0 atom stereocenters. The fraction of sp³-hybridized carbons (Fsp3) is 0.429. The van der Waals surface area contributed by atoms with Crippen LogP contribution < -0.4 is 20.7 Å². The number of hydrogen-bond acceptors (Lipinski definition) is 4. The molecule has 20 heavy (non-hydrogen) atoms. The van der Waals surface area contributed by atoms with Gasteiger partial charge in [0.1, 0.15) is 10.7 Å². The zero-order valence-corrected chi connectivity index (χ0v) is 12.9. The zero-order valence-electron chi connectivity index (χ0n) is 12.1. The number of carbonyl (C=O) groups excluding carboxylic acids is 1. The predicted octanol–water partition coefficient (Wildman–Crippen LogP) is 1.29. The lowest BCUT2D eigenvalue weighted by Crippen LogP contribution is -2.38. The monoisotopic (exact) mass is 295 g/mol. The van der Waals surface area contributed by atoms with Gasteiger partial charge < -0.3 is 20.7 Å². The minimum absolute atomic E-state index is 0.0361. The first-order valence-electron chi connectivity index (χ1n) is 6.52. The maximum atomic E-state index is 11.8. The van der Waals surface area contributed by atoms with E-state index in [2.05, 4.69) is 5.32 Å². The molecule has 1 rings (SSSR count). The SMILES string of the molecule is CCNC(=O)CN(CC)c1cc(OC)ccc1C(N)=S. The van der Waals surface area contributed by atoms with Gasteiger partial charge in [-0.1, -0.05) is 12.2 Å². The molecule has 0 aliphatic heterocycles. The number of carbonyl (C=O) groups is 1. The van der Waals surface area contributed by atoms with Crippen LogP contribution in [0.2, 0.25) is 0 Å². The molecule has 110 valence electrons. The average Bonchev–Trinajstić information content (AvgIpc) is 2.44. The molecule has 0 aromatic heterocycles. The first-order chi connectivity index (χ1) is 9.53. The fourth-order valence-corrected chi connectivity index (χ4v) is 2.07. The Balaban J connectivity index is 3.11. The number of rotatable bonds is 7. The Kier molecular flexibility index (Phi) is 6.24. The molecule has 0 fully saturated rings. The second kappa shape index (κ2) is 7.69. The number of amides is 1. The van der Waals surface area contributed by atoms with Gasteiger partial charge in [-0.15, -0.1) is 0 Å². The van der Waals surface area contributed by atoms with Gasteiger partial charge in [-0.3, -0.25) is 4.79 Å². The number of nitrogens with one attached hydrogen (secondary N) is 1. The molecule has 0 saturated carbocycles. The first-order valence-corrected chi connectivity index (χ1v) is 6.93. The molecule has 1 aromatic rings. The van der Waals surface area contributed by atoms with Crippen LogP contribution in [0.15, 0.2) is 18.2 Å². The van der Waals surface area contributed by atoms with E-state index in [1.165, 1.54) is 0 Å². The summed E-state index contributed by atoms with van der Waals surface area (Å²) in [6, 6.07) is 5.46. The van der Waals surface area contributed by atoms with Crippen molar-refractivity contribution in [2.24, 2.45) is 5.73 Å². The number of nitrogens with two attached hydrogens (primary N) is 1. The third kappa shape index (κ3) is 4.09. The average molecular weight is 295 g/mol. The van der Waals surface area contributed by atoms with Gasteiger partial charge in [0.2, 0.25) is 5.91 Å². The standard InChI is InChI=1S/C14H21N3O2S/c1-4-16-13(18)9-17(5-2)12-8-10(19-3)6-7-11(12)14(15)20/h6-8H,4-5,9H2,1-3H3,(H2,15,20)(H,16,18). The maximum absolute atomic E-state index is 11.8. The highest BCUT2D eigenvalue weighted by Crippen LogP contribution is 2.26. The van der Waals surface area contributed by atoms with Gasteiger partial charge in [0.05, 0.1) is 19.3 Å². The highest BCUT2D eigenvalue weighted by atomic mass is 32.1. The van der Waals surface area contributed by atoms with Gasteiger partial charge >= 0.3 is 0 Å². The van der Waals surface area contributed by atoms with Crippen molar-refractivity contribution in [1.29, 1.82) is 0 Å². The van der Waals surface area contributed by atoms with E-state index in [-0.39, 0.29) is 12.5 Å². The number of anilines is 1. The molecular formula is C14H21N3O2S. The highest BCUT2D eigenvalue weighted by molar-refractivity contribution is 7.80. The van der Waals surface area contributed by atoms with E-state index >= 15 is 0 Å². The van der Waals surface area contributed by atoms with Crippen LogP contribution in [0.4, 0.5) is 5.69 Å². The Morgan fingerprint density at radius 2 is 2.15 bits per heavy atom.